The number of aromatic nitrogens is 1. The Kier molecular flexibility index (Phi) is 4.77. The summed E-state index contributed by atoms with van der Waals surface area (Å²) in [5.41, 5.74) is 3.11. The van der Waals surface area contributed by atoms with Crippen molar-refractivity contribution >= 4 is 28.4 Å². The molecule has 2 aromatic carbocycles. The van der Waals surface area contributed by atoms with E-state index in [9.17, 15) is 14.0 Å². The van der Waals surface area contributed by atoms with E-state index in [2.05, 4.69) is 15.6 Å². The van der Waals surface area contributed by atoms with E-state index in [1.165, 1.54) is 12.1 Å². The predicted molar refractivity (Wildman–Crippen MR) is 106 cm³/mol. The van der Waals surface area contributed by atoms with Gasteiger partial charge in [-0.25, -0.2) is 4.39 Å². The van der Waals surface area contributed by atoms with Crippen LogP contribution in [-0.4, -0.2) is 22.8 Å². The number of halogens is 1. The van der Waals surface area contributed by atoms with E-state index in [0.717, 1.165) is 18.4 Å². The van der Waals surface area contributed by atoms with Crippen molar-refractivity contribution in [2.75, 3.05) is 5.32 Å². The Bertz CT molecular complexity index is 1060. The summed E-state index contributed by atoms with van der Waals surface area (Å²) in [7, 11) is 0. The topological polar surface area (TPSA) is 71.1 Å². The standard InChI is InChI=1S/C22H20FN3O2/c1-13-10-19(18-12-15(23)4-9-20(18)24-13)22(28)26-17-5-2-14(3-6-17)11-21(27)25-16-7-8-16/h2-6,9-10,12,16H,7-8,11H2,1H3,(H,25,27)(H,26,28). The number of nitrogens with zero attached hydrogens (tertiary/aromatic N) is 1. The van der Waals surface area contributed by atoms with Crippen molar-refractivity contribution in [3.05, 3.63) is 71.2 Å². The highest BCUT2D eigenvalue weighted by Crippen LogP contribution is 2.22. The summed E-state index contributed by atoms with van der Waals surface area (Å²) in [4.78, 5) is 29.0. The Morgan fingerprint density at radius 3 is 2.57 bits per heavy atom. The van der Waals surface area contributed by atoms with E-state index >= 15 is 0 Å². The Morgan fingerprint density at radius 1 is 1.11 bits per heavy atom. The number of hydrogen-bond acceptors (Lipinski definition) is 3. The van der Waals surface area contributed by atoms with Crippen LogP contribution in [0.3, 0.4) is 0 Å². The molecular formula is C22H20FN3O2. The van der Waals surface area contributed by atoms with Gasteiger partial charge in [-0.15, -0.1) is 0 Å². The van der Waals surface area contributed by atoms with Gasteiger partial charge in [-0.05, 0) is 61.7 Å². The number of fused-ring (bicyclic) bond motifs is 1. The minimum atomic E-state index is -0.416. The molecule has 1 fully saturated rings. The second-order valence-corrected chi connectivity index (χ2v) is 7.14. The van der Waals surface area contributed by atoms with Crippen LogP contribution in [0.2, 0.25) is 0 Å². The molecule has 142 valence electrons. The van der Waals surface area contributed by atoms with Gasteiger partial charge < -0.3 is 10.6 Å². The molecule has 6 heteroatoms. The van der Waals surface area contributed by atoms with Crippen molar-refractivity contribution in [3.63, 3.8) is 0 Å². The van der Waals surface area contributed by atoms with E-state index in [0.29, 0.717) is 40.3 Å². The summed E-state index contributed by atoms with van der Waals surface area (Å²) < 4.78 is 13.6. The van der Waals surface area contributed by atoms with Crippen molar-refractivity contribution in [1.29, 1.82) is 0 Å². The molecule has 28 heavy (non-hydrogen) atoms. The molecule has 1 heterocycles. The molecule has 0 radical (unpaired) electrons. The van der Waals surface area contributed by atoms with Gasteiger partial charge in [0.05, 0.1) is 17.5 Å². The first-order valence-corrected chi connectivity index (χ1v) is 9.24. The molecule has 1 aliphatic rings. The lowest BCUT2D eigenvalue weighted by Crippen LogP contribution is -2.26. The normalized spacial score (nSPS) is 13.4. The highest BCUT2D eigenvalue weighted by atomic mass is 19.1. The second-order valence-electron chi connectivity index (χ2n) is 7.14. The number of carbonyl (C=O) groups is 2. The number of aryl methyl sites for hydroxylation is 1. The molecular weight excluding hydrogens is 357 g/mol. The number of benzene rings is 2. The molecule has 1 saturated carbocycles. The fourth-order valence-electron chi connectivity index (χ4n) is 3.11. The number of hydrogen-bond donors (Lipinski definition) is 2. The maximum Gasteiger partial charge on any atom is 0.256 e. The smallest absolute Gasteiger partial charge is 0.256 e. The van der Waals surface area contributed by atoms with Gasteiger partial charge in [0.2, 0.25) is 5.91 Å². The molecule has 5 nitrogen and oxygen atoms in total. The average molecular weight is 377 g/mol. The first-order chi connectivity index (χ1) is 13.5. The lowest BCUT2D eigenvalue weighted by Gasteiger charge is -2.10. The van der Waals surface area contributed by atoms with E-state index in [1.54, 1.807) is 31.2 Å². The average Bonchev–Trinajstić information content (AvgIpc) is 3.47. The van der Waals surface area contributed by atoms with E-state index < -0.39 is 5.82 Å². The summed E-state index contributed by atoms with van der Waals surface area (Å²) >= 11 is 0. The zero-order valence-corrected chi connectivity index (χ0v) is 15.5. The quantitative estimate of drug-likeness (QED) is 0.711. The van der Waals surface area contributed by atoms with Crippen LogP contribution in [-0.2, 0) is 11.2 Å². The van der Waals surface area contributed by atoms with E-state index in [4.69, 9.17) is 0 Å². The molecule has 3 aromatic rings. The number of carbonyl (C=O) groups excluding carboxylic acids is 2. The molecule has 0 bridgehead atoms. The minimum Gasteiger partial charge on any atom is -0.353 e. The molecule has 0 aliphatic heterocycles. The molecule has 1 aliphatic carbocycles. The summed E-state index contributed by atoms with van der Waals surface area (Å²) in [5.74, 6) is -0.735. The first kappa shape index (κ1) is 18.1. The van der Waals surface area contributed by atoms with E-state index in [1.807, 2.05) is 12.1 Å². The van der Waals surface area contributed by atoms with Crippen LogP contribution in [0.25, 0.3) is 10.9 Å². The maximum absolute atomic E-state index is 13.6. The van der Waals surface area contributed by atoms with Crippen LogP contribution in [0, 0.1) is 12.7 Å². The summed E-state index contributed by atoms with van der Waals surface area (Å²) in [5, 5.41) is 6.25. The third-order valence-electron chi connectivity index (χ3n) is 4.66. The number of anilines is 1. The first-order valence-electron chi connectivity index (χ1n) is 9.24. The van der Waals surface area contributed by atoms with Gasteiger partial charge in [0.1, 0.15) is 5.82 Å². The van der Waals surface area contributed by atoms with Gasteiger partial charge in [0.25, 0.3) is 5.91 Å². The highest BCUT2D eigenvalue weighted by molar-refractivity contribution is 6.12. The maximum atomic E-state index is 13.6. The third-order valence-corrected chi connectivity index (χ3v) is 4.66. The van der Waals surface area contributed by atoms with Crippen LogP contribution in [0.1, 0.15) is 34.5 Å². The van der Waals surface area contributed by atoms with Gasteiger partial charge in [-0.2, -0.15) is 0 Å². The minimum absolute atomic E-state index is 0.0139. The lowest BCUT2D eigenvalue weighted by atomic mass is 10.1. The zero-order chi connectivity index (χ0) is 19.7. The highest BCUT2D eigenvalue weighted by Gasteiger charge is 2.23. The zero-order valence-electron chi connectivity index (χ0n) is 15.5. The van der Waals surface area contributed by atoms with Gasteiger partial charge in [0.15, 0.2) is 0 Å². The molecule has 2 N–H and O–H groups in total. The van der Waals surface area contributed by atoms with Gasteiger partial charge >= 0.3 is 0 Å². The molecule has 1 aromatic heterocycles. The van der Waals surface area contributed by atoms with Gasteiger partial charge in [-0.1, -0.05) is 12.1 Å². The predicted octanol–water partition coefficient (Wildman–Crippen LogP) is 3.76. The monoisotopic (exact) mass is 377 g/mol. The summed E-state index contributed by atoms with van der Waals surface area (Å²) in [6.07, 6.45) is 2.44. The Hall–Kier alpha value is -3.28. The fourth-order valence-corrected chi connectivity index (χ4v) is 3.11. The summed E-state index contributed by atoms with van der Waals surface area (Å²) in [6.45, 7) is 1.79. The number of nitrogens with one attached hydrogen (secondary N) is 2. The van der Waals surface area contributed by atoms with Crippen LogP contribution >= 0.6 is 0 Å². The Morgan fingerprint density at radius 2 is 1.86 bits per heavy atom. The number of rotatable bonds is 5. The van der Waals surface area contributed by atoms with Crippen molar-refractivity contribution in [2.24, 2.45) is 0 Å². The number of amides is 2. The molecule has 0 atom stereocenters. The van der Waals surface area contributed by atoms with Crippen molar-refractivity contribution < 1.29 is 14.0 Å². The second kappa shape index (κ2) is 7.38. The van der Waals surface area contributed by atoms with Crippen LogP contribution in [0.15, 0.2) is 48.5 Å². The van der Waals surface area contributed by atoms with Gasteiger partial charge in [0, 0.05) is 22.8 Å². The van der Waals surface area contributed by atoms with Crippen LogP contribution in [0.4, 0.5) is 10.1 Å². The largest absolute Gasteiger partial charge is 0.353 e. The SMILES string of the molecule is Cc1cc(C(=O)Nc2ccc(CC(=O)NC3CC3)cc2)c2cc(F)ccc2n1. The lowest BCUT2D eigenvalue weighted by molar-refractivity contribution is -0.120. The van der Waals surface area contributed by atoms with Gasteiger partial charge in [-0.3, -0.25) is 14.6 Å². The van der Waals surface area contributed by atoms with Crippen LogP contribution < -0.4 is 10.6 Å². The Labute approximate surface area is 162 Å². The fraction of sp³-hybridized carbons (Fsp3) is 0.227. The number of pyridine rings is 1. The van der Waals surface area contributed by atoms with Crippen molar-refractivity contribution in [1.82, 2.24) is 10.3 Å². The summed E-state index contributed by atoms with van der Waals surface area (Å²) in [6, 6.07) is 13.4. The molecule has 0 saturated heterocycles. The molecule has 4 rings (SSSR count). The van der Waals surface area contributed by atoms with Crippen molar-refractivity contribution in [3.8, 4) is 0 Å². The molecule has 2 amide bonds. The van der Waals surface area contributed by atoms with Crippen molar-refractivity contribution in [2.45, 2.75) is 32.2 Å². The van der Waals surface area contributed by atoms with E-state index in [-0.39, 0.29) is 11.8 Å². The molecule has 0 spiro atoms. The third kappa shape index (κ3) is 4.17. The Balaban J connectivity index is 1.49. The van der Waals surface area contributed by atoms with Crippen LogP contribution in [0.5, 0.6) is 0 Å². The molecule has 0 unspecified atom stereocenters.